The van der Waals surface area contributed by atoms with Gasteiger partial charge in [0.1, 0.15) is 12.1 Å². The van der Waals surface area contributed by atoms with Crippen molar-refractivity contribution < 1.29 is 14.3 Å². The van der Waals surface area contributed by atoms with Crippen LogP contribution in [0.25, 0.3) is 0 Å². The van der Waals surface area contributed by atoms with Crippen LogP contribution in [-0.2, 0) is 16.0 Å². The number of benzene rings is 1. The summed E-state index contributed by atoms with van der Waals surface area (Å²) in [5.74, 6) is 0.484. The number of aliphatic imine (C=N–C) groups is 1. The molecule has 2 amide bonds. The zero-order chi connectivity index (χ0) is 22.8. The molecule has 0 spiro atoms. The Balaban J connectivity index is 2.50. The number of carbonyl (C=O) groups excluding carboxylic acids is 2. The lowest BCUT2D eigenvalue weighted by Crippen LogP contribution is -2.43. The van der Waals surface area contributed by atoms with Gasteiger partial charge >= 0.3 is 6.09 Å². The van der Waals surface area contributed by atoms with Crippen LogP contribution >= 0.6 is 0 Å². The highest BCUT2D eigenvalue weighted by Gasteiger charge is 2.16. The van der Waals surface area contributed by atoms with Crippen LogP contribution in [0.15, 0.2) is 29.3 Å². The van der Waals surface area contributed by atoms with Gasteiger partial charge in [-0.1, -0.05) is 12.1 Å². The highest BCUT2D eigenvalue weighted by molar-refractivity contribution is 5.85. The third-order valence-electron chi connectivity index (χ3n) is 3.54. The van der Waals surface area contributed by atoms with Crippen LogP contribution in [0, 0.1) is 0 Å². The summed E-state index contributed by atoms with van der Waals surface area (Å²) in [6.07, 6.45) is 0.296. The first-order valence-electron chi connectivity index (χ1n) is 10.3. The molecule has 168 valence electrons. The van der Waals surface area contributed by atoms with Gasteiger partial charge in [-0.15, -0.1) is 0 Å². The van der Waals surface area contributed by atoms with Gasteiger partial charge in [0.25, 0.3) is 0 Å². The van der Waals surface area contributed by atoms with Gasteiger partial charge in [-0.2, -0.15) is 0 Å². The SMILES string of the molecule is CCNC(=NCC(=O)NC(C)(C)C)NCCc1ccc(NC(=O)OC(C)(C)C)cc1. The normalized spacial score (nSPS) is 12.2. The second-order valence-corrected chi connectivity index (χ2v) is 8.99. The molecule has 0 fully saturated rings. The van der Waals surface area contributed by atoms with E-state index in [-0.39, 0.29) is 18.0 Å². The number of carbonyl (C=O) groups is 2. The Kier molecular flexibility index (Phi) is 9.62. The van der Waals surface area contributed by atoms with Crippen molar-refractivity contribution >= 4 is 23.6 Å². The number of nitrogens with one attached hydrogen (secondary N) is 4. The lowest BCUT2D eigenvalue weighted by Gasteiger charge is -2.20. The number of anilines is 1. The fourth-order valence-electron chi connectivity index (χ4n) is 2.45. The first-order valence-corrected chi connectivity index (χ1v) is 10.3. The van der Waals surface area contributed by atoms with Crippen molar-refractivity contribution in [2.75, 3.05) is 25.0 Å². The van der Waals surface area contributed by atoms with Crippen molar-refractivity contribution in [2.24, 2.45) is 4.99 Å². The minimum absolute atomic E-state index is 0.0671. The third-order valence-corrected chi connectivity index (χ3v) is 3.54. The number of hydrogen-bond donors (Lipinski definition) is 4. The molecule has 0 radical (unpaired) electrons. The first kappa shape index (κ1) is 25.3. The Morgan fingerprint density at radius 3 is 2.17 bits per heavy atom. The average molecular weight is 420 g/mol. The smallest absolute Gasteiger partial charge is 0.412 e. The van der Waals surface area contributed by atoms with Gasteiger partial charge in [0.2, 0.25) is 5.91 Å². The van der Waals surface area contributed by atoms with E-state index >= 15 is 0 Å². The molecule has 0 atom stereocenters. The van der Waals surface area contributed by atoms with Gasteiger partial charge in [0.15, 0.2) is 5.96 Å². The molecule has 8 nitrogen and oxygen atoms in total. The highest BCUT2D eigenvalue weighted by atomic mass is 16.6. The molecule has 0 aliphatic heterocycles. The summed E-state index contributed by atoms with van der Waals surface area (Å²) in [7, 11) is 0. The third kappa shape index (κ3) is 11.9. The molecule has 0 saturated heterocycles. The summed E-state index contributed by atoms with van der Waals surface area (Å²) < 4.78 is 5.24. The zero-order valence-electron chi connectivity index (χ0n) is 19.3. The van der Waals surface area contributed by atoms with E-state index < -0.39 is 11.7 Å². The maximum absolute atomic E-state index is 11.9. The van der Waals surface area contributed by atoms with Crippen LogP contribution in [0.1, 0.15) is 54.0 Å². The number of hydrogen-bond acceptors (Lipinski definition) is 4. The maximum Gasteiger partial charge on any atom is 0.412 e. The van der Waals surface area contributed by atoms with Crippen molar-refractivity contribution in [1.82, 2.24) is 16.0 Å². The number of guanidine groups is 1. The summed E-state index contributed by atoms with van der Waals surface area (Å²) in [4.78, 5) is 28.1. The molecule has 0 aliphatic rings. The predicted octanol–water partition coefficient (Wildman–Crippen LogP) is 3.05. The lowest BCUT2D eigenvalue weighted by atomic mass is 10.1. The number of amides is 2. The van der Waals surface area contributed by atoms with Gasteiger partial charge in [-0.3, -0.25) is 10.1 Å². The Labute approximate surface area is 180 Å². The number of nitrogens with zero attached hydrogens (tertiary/aromatic N) is 1. The molecular formula is C22H37N5O3. The summed E-state index contributed by atoms with van der Waals surface area (Å²) >= 11 is 0. The van der Waals surface area contributed by atoms with E-state index in [0.29, 0.717) is 24.7 Å². The molecule has 30 heavy (non-hydrogen) atoms. The van der Waals surface area contributed by atoms with Crippen molar-refractivity contribution in [2.45, 2.75) is 66.0 Å². The standard InChI is InChI=1S/C22H37N5O3/c1-8-23-19(25-15-18(28)27-21(2,3)4)24-14-13-16-9-11-17(12-10-16)26-20(29)30-22(5,6)7/h9-12H,8,13-15H2,1-7H3,(H,26,29)(H,27,28)(H2,23,24,25). The van der Waals surface area contributed by atoms with Crippen LogP contribution in [0.3, 0.4) is 0 Å². The predicted molar refractivity (Wildman–Crippen MR) is 122 cm³/mol. The Bertz CT molecular complexity index is 716. The molecule has 0 unspecified atom stereocenters. The van der Waals surface area contributed by atoms with Crippen LogP contribution < -0.4 is 21.3 Å². The topological polar surface area (TPSA) is 104 Å². The molecule has 8 heteroatoms. The number of rotatable bonds is 7. The largest absolute Gasteiger partial charge is 0.444 e. The average Bonchev–Trinajstić information content (AvgIpc) is 2.58. The maximum atomic E-state index is 11.9. The summed E-state index contributed by atoms with van der Waals surface area (Å²) in [5.41, 5.74) is 0.983. The van der Waals surface area contributed by atoms with Crippen LogP contribution in [0.2, 0.25) is 0 Å². The molecule has 0 aliphatic carbocycles. The summed E-state index contributed by atoms with van der Waals surface area (Å²) in [6, 6.07) is 7.59. The summed E-state index contributed by atoms with van der Waals surface area (Å²) in [5, 5.41) is 12.0. The molecule has 1 rings (SSSR count). The van der Waals surface area contributed by atoms with E-state index in [1.807, 2.05) is 72.7 Å². The molecule has 0 bridgehead atoms. The van der Waals surface area contributed by atoms with E-state index in [4.69, 9.17) is 4.74 Å². The van der Waals surface area contributed by atoms with Crippen molar-refractivity contribution in [3.8, 4) is 0 Å². The zero-order valence-corrected chi connectivity index (χ0v) is 19.3. The van der Waals surface area contributed by atoms with Crippen LogP contribution in [0.5, 0.6) is 0 Å². The molecule has 0 aromatic heterocycles. The molecule has 1 aromatic rings. The monoisotopic (exact) mass is 419 g/mol. The Morgan fingerprint density at radius 1 is 1.00 bits per heavy atom. The van der Waals surface area contributed by atoms with Crippen molar-refractivity contribution in [3.63, 3.8) is 0 Å². The molecule has 0 heterocycles. The van der Waals surface area contributed by atoms with E-state index in [1.165, 1.54) is 0 Å². The fourth-order valence-corrected chi connectivity index (χ4v) is 2.45. The van der Waals surface area contributed by atoms with E-state index in [9.17, 15) is 9.59 Å². The van der Waals surface area contributed by atoms with Crippen molar-refractivity contribution in [3.05, 3.63) is 29.8 Å². The van der Waals surface area contributed by atoms with Crippen LogP contribution in [0.4, 0.5) is 10.5 Å². The second-order valence-electron chi connectivity index (χ2n) is 8.99. The van der Waals surface area contributed by atoms with Gasteiger partial charge in [0.05, 0.1) is 0 Å². The van der Waals surface area contributed by atoms with Crippen molar-refractivity contribution in [1.29, 1.82) is 0 Å². The minimum atomic E-state index is -0.533. The quantitative estimate of drug-likeness (QED) is 0.402. The molecule has 0 saturated carbocycles. The Hall–Kier alpha value is -2.77. The minimum Gasteiger partial charge on any atom is -0.444 e. The summed E-state index contributed by atoms with van der Waals surface area (Å²) in [6.45, 7) is 14.7. The van der Waals surface area contributed by atoms with Gasteiger partial charge in [-0.25, -0.2) is 9.79 Å². The number of ether oxygens (including phenoxy) is 1. The van der Waals surface area contributed by atoms with Gasteiger partial charge in [0, 0.05) is 24.3 Å². The van der Waals surface area contributed by atoms with E-state index in [1.54, 1.807) is 0 Å². The van der Waals surface area contributed by atoms with E-state index in [0.717, 1.165) is 12.0 Å². The molecular weight excluding hydrogens is 382 g/mol. The van der Waals surface area contributed by atoms with E-state index in [2.05, 4.69) is 26.3 Å². The molecule has 4 N–H and O–H groups in total. The molecule has 1 aromatic carbocycles. The first-order chi connectivity index (χ1) is 13.9. The second kappa shape index (κ2) is 11.4. The highest BCUT2D eigenvalue weighted by Crippen LogP contribution is 2.13. The fraction of sp³-hybridized carbons (Fsp3) is 0.591. The van der Waals surface area contributed by atoms with Crippen LogP contribution in [-0.4, -0.2) is 48.7 Å². The Morgan fingerprint density at radius 2 is 1.63 bits per heavy atom. The van der Waals surface area contributed by atoms with Gasteiger partial charge in [-0.05, 0) is 72.6 Å². The van der Waals surface area contributed by atoms with Gasteiger partial charge < -0.3 is 20.7 Å². The lowest BCUT2D eigenvalue weighted by molar-refractivity contribution is -0.121.